The summed E-state index contributed by atoms with van der Waals surface area (Å²) in [5, 5.41) is 3.69. The van der Waals surface area contributed by atoms with Crippen molar-refractivity contribution >= 4 is 0 Å². The van der Waals surface area contributed by atoms with Gasteiger partial charge in [0.1, 0.15) is 0 Å². The van der Waals surface area contributed by atoms with Crippen LogP contribution < -0.4 is 5.32 Å². The van der Waals surface area contributed by atoms with E-state index in [0.717, 1.165) is 18.6 Å². The molecule has 0 spiro atoms. The Morgan fingerprint density at radius 1 is 1.25 bits per heavy atom. The monoisotopic (exact) mass is 329 g/mol. The first-order valence-corrected chi connectivity index (χ1v) is 10.0. The first-order chi connectivity index (χ1) is 11.8. The van der Waals surface area contributed by atoms with Crippen LogP contribution in [0.3, 0.4) is 0 Å². The zero-order valence-corrected chi connectivity index (χ0v) is 15.6. The quantitative estimate of drug-likeness (QED) is 0.787. The minimum atomic E-state index is 0.691. The molecule has 24 heavy (non-hydrogen) atoms. The van der Waals surface area contributed by atoms with Crippen molar-refractivity contribution in [3.8, 4) is 0 Å². The Kier molecular flexibility index (Phi) is 6.70. The number of likely N-dealkylation sites (tertiary alicyclic amines) is 1. The van der Waals surface area contributed by atoms with Crippen molar-refractivity contribution in [3.05, 3.63) is 35.9 Å². The fourth-order valence-corrected chi connectivity index (χ4v) is 4.35. The van der Waals surface area contributed by atoms with Crippen LogP contribution in [0.25, 0.3) is 0 Å². The summed E-state index contributed by atoms with van der Waals surface area (Å²) in [7, 11) is 0. The molecule has 3 atom stereocenters. The smallest absolute Gasteiger partial charge is 0.0238 e. The van der Waals surface area contributed by atoms with Gasteiger partial charge in [-0.25, -0.2) is 0 Å². The molecule has 2 saturated heterocycles. The van der Waals surface area contributed by atoms with E-state index in [0.29, 0.717) is 6.04 Å². The highest BCUT2D eigenvalue weighted by Crippen LogP contribution is 2.25. The Bertz CT molecular complexity index is 469. The van der Waals surface area contributed by atoms with Crippen molar-refractivity contribution < 1.29 is 0 Å². The van der Waals surface area contributed by atoms with Gasteiger partial charge in [0, 0.05) is 37.8 Å². The maximum Gasteiger partial charge on any atom is 0.0238 e. The van der Waals surface area contributed by atoms with Crippen LogP contribution in [0, 0.1) is 0 Å². The second-order valence-corrected chi connectivity index (χ2v) is 7.80. The molecule has 1 aromatic rings. The summed E-state index contributed by atoms with van der Waals surface area (Å²) in [6, 6.07) is 13.1. The van der Waals surface area contributed by atoms with E-state index >= 15 is 0 Å². The predicted molar refractivity (Wildman–Crippen MR) is 102 cm³/mol. The molecule has 0 bridgehead atoms. The van der Waals surface area contributed by atoms with Crippen LogP contribution in [0.1, 0.15) is 51.5 Å². The van der Waals surface area contributed by atoms with Gasteiger partial charge in [0.2, 0.25) is 0 Å². The normalized spacial score (nSPS) is 28.0. The van der Waals surface area contributed by atoms with Crippen molar-refractivity contribution in [2.45, 2.75) is 70.6 Å². The van der Waals surface area contributed by atoms with Crippen LogP contribution in [-0.2, 0) is 6.54 Å². The number of benzene rings is 1. The van der Waals surface area contributed by atoms with Gasteiger partial charge >= 0.3 is 0 Å². The number of hydrogen-bond acceptors (Lipinski definition) is 3. The van der Waals surface area contributed by atoms with Crippen molar-refractivity contribution in [1.29, 1.82) is 0 Å². The lowest BCUT2D eigenvalue weighted by Gasteiger charge is -2.31. The molecule has 2 heterocycles. The molecule has 1 N–H and O–H groups in total. The number of nitrogens with zero attached hydrogens (tertiary/aromatic N) is 2. The third-order valence-corrected chi connectivity index (χ3v) is 5.84. The highest BCUT2D eigenvalue weighted by Gasteiger charge is 2.33. The molecule has 2 aliphatic heterocycles. The largest absolute Gasteiger partial charge is 0.313 e. The van der Waals surface area contributed by atoms with E-state index in [1.807, 2.05) is 0 Å². The zero-order valence-electron chi connectivity index (χ0n) is 15.6. The lowest BCUT2D eigenvalue weighted by molar-refractivity contribution is 0.172. The Morgan fingerprint density at radius 2 is 2.08 bits per heavy atom. The van der Waals surface area contributed by atoms with E-state index in [1.54, 1.807) is 0 Å². The molecule has 2 aliphatic rings. The molecule has 0 aromatic heterocycles. The molecule has 3 rings (SSSR count). The summed E-state index contributed by atoms with van der Waals surface area (Å²) in [5.41, 5.74) is 1.45. The van der Waals surface area contributed by atoms with E-state index in [2.05, 4.69) is 59.3 Å². The molecule has 1 aromatic carbocycles. The zero-order chi connectivity index (χ0) is 16.8. The highest BCUT2D eigenvalue weighted by molar-refractivity contribution is 5.15. The Balaban J connectivity index is 1.58. The van der Waals surface area contributed by atoms with E-state index in [-0.39, 0.29) is 0 Å². The van der Waals surface area contributed by atoms with Gasteiger partial charge in [-0.2, -0.15) is 0 Å². The van der Waals surface area contributed by atoms with Gasteiger partial charge < -0.3 is 5.32 Å². The first kappa shape index (κ1) is 17.9. The fourth-order valence-electron chi connectivity index (χ4n) is 4.35. The molecular weight excluding hydrogens is 294 g/mol. The third-order valence-electron chi connectivity index (χ3n) is 5.84. The van der Waals surface area contributed by atoms with Gasteiger partial charge in [0.25, 0.3) is 0 Å². The van der Waals surface area contributed by atoms with Crippen LogP contribution >= 0.6 is 0 Å². The van der Waals surface area contributed by atoms with Gasteiger partial charge in [0.15, 0.2) is 0 Å². The molecular formula is C21H35N3. The Labute approximate surface area is 148 Å². The van der Waals surface area contributed by atoms with Gasteiger partial charge in [-0.3, -0.25) is 9.80 Å². The lowest BCUT2D eigenvalue weighted by Crippen LogP contribution is -2.45. The minimum Gasteiger partial charge on any atom is -0.313 e. The molecule has 0 radical (unpaired) electrons. The van der Waals surface area contributed by atoms with Crippen molar-refractivity contribution in [3.63, 3.8) is 0 Å². The van der Waals surface area contributed by atoms with Crippen molar-refractivity contribution in [1.82, 2.24) is 15.1 Å². The van der Waals surface area contributed by atoms with Gasteiger partial charge in [-0.15, -0.1) is 0 Å². The second-order valence-electron chi connectivity index (χ2n) is 7.80. The van der Waals surface area contributed by atoms with E-state index < -0.39 is 0 Å². The van der Waals surface area contributed by atoms with Gasteiger partial charge in [0.05, 0.1) is 0 Å². The van der Waals surface area contributed by atoms with Crippen LogP contribution in [-0.4, -0.2) is 54.1 Å². The average Bonchev–Trinajstić information content (AvgIpc) is 3.23. The summed E-state index contributed by atoms with van der Waals surface area (Å²) in [5.74, 6) is 0. The minimum absolute atomic E-state index is 0.691. The van der Waals surface area contributed by atoms with Crippen molar-refractivity contribution in [2.75, 3.05) is 26.2 Å². The van der Waals surface area contributed by atoms with Crippen LogP contribution in [0.5, 0.6) is 0 Å². The number of unbranched alkanes of at least 4 members (excludes halogenated alkanes) is 1. The highest BCUT2D eigenvalue weighted by atomic mass is 15.3. The maximum atomic E-state index is 3.69. The van der Waals surface area contributed by atoms with Crippen molar-refractivity contribution in [2.24, 2.45) is 0 Å². The Hall–Kier alpha value is -0.900. The second kappa shape index (κ2) is 8.98. The topological polar surface area (TPSA) is 18.5 Å². The maximum absolute atomic E-state index is 3.69. The first-order valence-electron chi connectivity index (χ1n) is 10.0. The van der Waals surface area contributed by atoms with E-state index in [1.165, 1.54) is 63.8 Å². The van der Waals surface area contributed by atoms with Crippen LogP contribution in [0.2, 0.25) is 0 Å². The molecule has 134 valence electrons. The fraction of sp³-hybridized carbons (Fsp3) is 0.714. The molecule has 2 fully saturated rings. The molecule has 3 unspecified atom stereocenters. The molecule has 0 saturated carbocycles. The van der Waals surface area contributed by atoms with E-state index in [4.69, 9.17) is 0 Å². The molecule has 0 aliphatic carbocycles. The average molecular weight is 330 g/mol. The number of nitrogens with one attached hydrogen (secondary N) is 1. The predicted octanol–water partition coefficient (Wildman–Crippen LogP) is 3.50. The summed E-state index contributed by atoms with van der Waals surface area (Å²) < 4.78 is 0. The number of rotatable bonds is 8. The third kappa shape index (κ3) is 4.81. The summed E-state index contributed by atoms with van der Waals surface area (Å²) in [6.45, 7) is 10.8. The number of hydrogen-bond donors (Lipinski definition) is 1. The summed E-state index contributed by atoms with van der Waals surface area (Å²) >= 11 is 0. The molecule has 3 heteroatoms. The lowest BCUT2D eigenvalue weighted by atomic mass is 10.1. The molecule has 0 amide bonds. The molecule has 3 nitrogen and oxygen atoms in total. The summed E-state index contributed by atoms with van der Waals surface area (Å²) in [4.78, 5) is 5.48. The SMILES string of the molecule is CCCCN(CC1CCCN1)C1CC(C)N(Cc2ccccc2)C1. The van der Waals surface area contributed by atoms with Crippen LogP contribution in [0.4, 0.5) is 0 Å². The standard InChI is InChI=1S/C21H35N3/c1-3-4-13-23(16-20-11-8-12-22-20)21-14-18(2)24(17-21)15-19-9-6-5-7-10-19/h5-7,9-10,18,20-22H,3-4,8,11-17H2,1-2H3. The van der Waals surface area contributed by atoms with Gasteiger partial charge in [-0.05, 0) is 51.3 Å². The van der Waals surface area contributed by atoms with Crippen LogP contribution in [0.15, 0.2) is 30.3 Å². The van der Waals surface area contributed by atoms with E-state index in [9.17, 15) is 0 Å². The Morgan fingerprint density at radius 3 is 2.79 bits per heavy atom. The summed E-state index contributed by atoms with van der Waals surface area (Å²) in [6.07, 6.45) is 6.66. The van der Waals surface area contributed by atoms with Gasteiger partial charge in [-0.1, -0.05) is 43.7 Å².